The van der Waals surface area contributed by atoms with Gasteiger partial charge in [0.1, 0.15) is 6.61 Å². The number of para-hydroxylation sites is 1. The number of hydrogen-bond acceptors (Lipinski definition) is 4. The summed E-state index contributed by atoms with van der Waals surface area (Å²) in [5.41, 5.74) is 0.682. The van der Waals surface area contributed by atoms with Gasteiger partial charge in [0.15, 0.2) is 11.5 Å². The number of aliphatic carboxylic acids is 1. The maximum absolute atomic E-state index is 10.7. The predicted molar refractivity (Wildman–Crippen MR) is 78.7 cm³/mol. The molecule has 1 saturated heterocycles. The molecule has 0 saturated carbocycles. The Hall–Kier alpha value is -2.01. The minimum Gasteiger partial charge on any atom is -0.490 e. The zero-order chi connectivity index (χ0) is 15.1. The van der Waals surface area contributed by atoms with Gasteiger partial charge in [0.05, 0.1) is 12.7 Å². The lowest BCUT2D eigenvalue weighted by atomic mass is 10.1. The molecular formula is C16H20O5. The average molecular weight is 292 g/mol. The van der Waals surface area contributed by atoms with Crippen molar-refractivity contribution in [1.29, 1.82) is 0 Å². The molecular weight excluding hydrogens is 272 g/mol. The van der Waals surface area contributed by atoms with Crippen molar-refractivity contribution >= 4 is 12.0 Å². The number of carboxylic acids is 1. The van der Waals surface area contributed by atoms with Crippen LogP contribution in [0.1, 0.15) is 25.3 Å². The molecule has 0 bridgehead atoms. The summed E-state index contributed by atoms with van der Waals surface area (Å²) in [4.78, 5) is 10.7. The topological polar surface area (TPSA) is 65.0 Å². The zero-order valence-electron chi connectivity index (χ0n) is 12.1. The van der Waals surface area contributed by atoms with Gasteiger partial charge in [0, 0.05) is 18.2 Å². The molecule has 5 nitrogen and oxygen atoms in total. The highest BCUT2D eigenvalue weighted by atomic mass is 16.5. The monoisotopic (exact) mass is 292 g/mol. The normalized spacial score (nSPS) is 18.0. The first-order chi connectivity index (χ1) is 10.2. The van der Waals surface area contributed by atoms with Crippen LogP contribution in [0.25, 0.3) is 6.08 Å². The molecule has 0 radical (unpaired) electrons. The first-order valence-corrected chi connectivity index (χ1v) is 7.12. The SMILES string of the molecule is CCOc1cccc(/C=C/C(=O)O)c1OCC1CCCO1. The first-order valence-electron chi connectivity index (χ1n) is 7.12. The van der Waals surface area contributed by atoms with E-state index < -0.39 is 5.97 Å². The number of rotatable bonds is 7. The van der Waals surface area contributed by atoms with Crippen LogP contribution in [0.4, 0.5) is 0 Å². The molecule has 21 heavy (non-hydrogen) atoms. The molecule has 1 aromatic rings. The molecule has 0 aliphatic carbocycles. The van der Waals surface area contributed by atoms with Crippen molar-refractivity contribution in [3.05, 3.63) is 29.8 Å². The van der Waals surface area contributed by atoms with Crippen LogP contribution < -0.4 is 9.47 Å². The minimum absolute atomic E-state index is 0.0935. The summed E-state index contributed by atoms with van der Waals surface area (Å²) in [6.07, 6.45) is 4.72. The van der Waals surface area contributed by atoms with Crippen LogP contribution in [0, 0.1) is 0 Å². The number of hydrogen-bond donors (Lipinski definition) is 1. The molecule has 1 fully saturated rings. The molecule has 1 N–H and O–H groups in total. The first kappa shape index (κ1) is 15.4. The van der Waals surface area contributed by atoms with Gasteiger partial charge in [-0.3, -0.25) is 0 Å². The van der Waals surface area contributed by atoms with E-state index in [4.69, 9.17) is 19.3 Å². The van der Waals surface area contributed by atoms with Crippen LogP contribution in [0.2, 0.25) is 0 Å². The Labute approximate surface area is 124 Å². The fourth-order valence-electron chi connectivity index (χ4n) is 2.20. The third kappa shape index (κ3) is 4.49. The highest BCUT2D eigenvalue weighted by Gasteiger charge is 2.18. The molecule has 1 aliphatic rings. The Morgan fingerprint density at radius 3 is 3.00 bits per heavy atom. The summed E-state index contributed by atoms with van der Waals surface area (Å²) >= 11 is 0. The number of carbonyl (C=O) groups is 1. The van der Waals surface area contributed by atoms with E-state index in [0.717, 1.165) is 25.5 Å². The maximum Gasteiger partial charge on any atom is 0.328 e. The van der Waals surface area contributed by atoms with Crippen LogP contribution in [0.5, 0.6) is 11.5 Å². The van der Waals surface area contributed by atoms with Crippen molar-refractivity contribution < 1.29 is 24.1 Å². The van der Waals surface area contributed by atoms with Gasteiger partial charge in [0.25, 0.3) is 0 Å². The van der Waals surface area contributed by atoms with E-state index in [0.29, 0.717) is 30.3 Å². The Morgan fingerprint density at radius 1 is 1.48 bits per heavy atom. The second kappa shape index (κ2) is 7.69. The van der Waals surface area contributed by atoms with Gasteiger partial charge in [0.2, 0.25) is 0 Å². The fourth-order valence-corrected chi connectivity index (χ4v) is 2.20. The number of benzene rings is 1. The van der Waals surface area contributed by atoms with Crippen molar-refractivity contribution in [2.24, 2.45) is 0 Å². The van der Waals surface area contributed by atoms with Crippen molar-refractivity contribution in [3.63, 3.8) is 0 Å². The zero-order valence-corrected chi connectivity index (χ0v) is 12.1. The van der Waals surface area contributed by atoms with Crippen molar-refractivity contribution in [1.82, 2.24) is 0 Å². The second-order valence-electron chi connectivity index (χ2n) is 4.73. The Balaban J connectivity index is 2.17. The lowest BCUT2D eigenvalue weighted by Gasteiger charge is -2.16. The summed E-state index contributed by atoms with van der Waals surface area (Å²) in [7, 11) is 0. The molecule has 0 amide bonds. The summed E-state index contributed by atoms with van der Waals surface area (Å²) in [6.45, 7) is 3.62. The summed E-state index contributed by atoms with van der Waals surface area (Å²) in [5, 5.41) is 8.76. The molecule has 114 valence electrons. The lowest BCUT2D eigenvalue weighted by molar-refractivity contribution is -0.131. The van der Waals surface area contributed by atoms with Crippen LogP contribution >= 0.6 is 0 Å². The van der Waals surface area contributed by atoms with E-state index in [1.807, 2.05) is 19.1 Å². The minimum atomic E-state index is -0.998. The van der Waals surface area contributed by atoms with E-state index in [2.05, 4.69) is 0 Å². The van der Waals surface area contributed by atoms with Gasteiger partial charge >= 0.3 is 5.97 Å². The lowest BCUT2D eigenvalue weighted by Crippen LogP contribution is -2.17. The fraction of sp³-hybridized carbons (Fsp3) is 0.438. The van der Waals surface area contributed by atoms with E-state index in [-0.39, 0.29) is 6.10 Å². The van der Waals surface area contributed by atoms with E-state index in [1.165, 1.54) is 6.08 Å². The third-order valence-electron chi connectivity index (χ3n) is 3.15. The van der Waals surface area contributed by atoms with Crippen LogP contribution in [0.3, 0.4) is 0 Å². The molecule has 5 heteroatoms. The van der Waals surface area contributed by atoms with E-state index in [9.17, 15) is 4.79 Å². The second-order valence-corrected chi connectivity index (χ2v) is 4.73. The van der Waals surface area contributed by atoms with Gasteiger partial charge in [-0.05, 0) is 31.9 Å². The predicted octanol–water partition coefficient (Wildman–Crippen LogP) is 2.74. The summed E-state index contributed by atoms with van der Waals surface area (Å²) in [6, 6.07) is 5.42. The van der Waals surface area contributed by atoms with Crippen molar-refractivity contribution in [2.45, 2.75) is 25.9 Å². The number of ether oxygens (including phenoxy) is 3. The van der Waals surface area contributed by atoms with Gasteiger partial charge in [-0.25, -0.2) is 4.79 Å². The molecule has 2 rings (SSSR count). The Kier molecular flexibility index (Phi) is 5.63. The Morgan fingerprint density at radius 2 is 2.33 bits per heavy atom. The third-order valence-corrected chi connectivity index (χ3v) is 3.15. The standard InChI is InChI=1S/C16H20O5/c1-2-19-14-7-3-5-12(8-9-15(17)18)16(14)21-11-13-6-4-10-20-13/h3,5,7-9,13H,2,4,6,10-11H2,1H3,(H,17,18)/b9-8+. The largest absolute Gasteiger partial charge is 0.490 e. The van der Waals surface area contributed by atoms with Gasteiger partial charge in [-0.15, -0.1) is 0 Å². The molecule has 1 atom stereocenters. The Bertz CT molecular complexity index is 503. The van der Waals surface area contributed by atoms with Gasteiger partial charge < -0.3 is 19.3 Å². The summed E-state index contributed by atoms with van der Waals surface area (Å²) in [5.74, 6) is 0.178. The highest BCUT2D eigenvalue weighted by Crippen LogP contribution is 2.33. The highest BCUT2D eigenvalue weighted by molar-refractivity contribution is 5.86. The van der Waals surface area contributed by atoms with Gasteiger partial charge in [-0.2, -0.15) is 0 Å². The van der Waals surface area contributed by atoms with E-state index >= 15 is 0 Å². The molecule has 1 unspecified atom stereocenters. The molecule has 1 aliphatic heterocycles. The van der Waals surface area contributed by atoms with Crippen LogP contribution in [-0.2, 0) is 9.53 Å². The average Bonchev–Trinajstić information content (AvgIpc) is 2.97. The van der Waals surface area contributed by atoms with Crippen LogP contribution in [-0.4, -0.2) is 37.0 Å². The summed E-state index contributed by atoms with van der Waals surface area (Å²) < 4.78 is 16.9. The van der Waals surface area contributed by atoms with Crippen molar-refractivity contribution in [2.75, 3.05) is 19.8 Å². The van der Waals surface area contributed by atoms with Crippen molar-refractivity contribution in [3.8, 4) is 11.5 Å². The molecule has 0 spiro atoms. The van der Waals surface area contributed by atoms with E-state index in [1.54, 1.807) is 6.07 Å². The molecule has 0 aromatic heterocycles. The molecule has 1 aromatic carbocycles. The van der Waals surface area contributed by atoms with Crippen LogP contribution in [0.15, 0.2) is 24.3 Å². The van der Waals surface area contributed by atoms with Gasteiger partial charge in [-0.1, -0.05) is 12.1 Å². The maximum atomic E-state index is 10.7. The number of carboxylic acid groups (broad SMARTS) is 1. The molecule has 1 heterocycles. The smallest absolute Gasteiger partial charge is 0.328 e. The quantitative estimate of drug-likeness (QED) is 0.783.